The molecule has 6 nitrogen and oxygen atoms in total. The van der Waals surface area contributed by atoms with Gasteiger partial charge in [0.05, 0.1) is 13.2 Å². The van der Waals surface area contributed by atoms with E-state index in [9.17, 15) is 14.7 Å². The first-order chi connectivity index (χ1) is 8.18. The lowest BCUT2D eigenvalue weighted by Crippen LogP contribution is -2.44. The van der Waals surface area contributed by atoms with Crippen LogP contribution in [0, 0.1) is 0 Å². The van der Waals surface area contributed by atoms with E-state index in [1.54, 1.807) is 27.7 Å². The number of hydrogen-bond donors (Lipinski definition) is 1. The fourth-order valence-electron chi connectivity index (χ4n) is 1.71. The van der Waals surface area contributed by atoms with Gasteiger partial charge in [0.2, 0.25) is 0 Å². The predicted molar refractivity (Wildman–Crippen MR) is 64.0 cm³/mol. The third-order valence-corrected chi connectivity index (χ3v) is 2.55. The zero-order valence-electron chi connectivity index (χ0n) is 11.4. The maximum Gasteiger partial charge on any atom is 0.410 e. The zero-order valence-corrected chi connectivity index (χ0v) is 11.4. The van der Waals surface area contributed by atoms with E-state index in [1.807, 2.05) is 0 Å². The number of ether oxygens (including phenoxy) is 2. The number of carbonyl (C=O) groups excluding carboxylic acids is 2. The summed E-state index contributed by atoms with van der Waals surface area (Å²) in [6.07, 6.45) is -0.354. The van der Waals surface area contributed by atoms with Crippen molar-refractivity contribution in [3.8, 4) is 0 Å². The second-order valence-electron chi connectivity index (χ2n) is 5.40. The van der Waals surface area contributed by atoms with E-state index in [0.717, 1.165) is 0 Å². The van der Waals surface area contributed by atoms with Crippen molar-refractivity contribution in [2.45, 2.75) is 45.3 Å². The van der Waals surface area contributed by atoms with Crippen LogP contribution in [0.15, 0.2) is 0 Å². The van der Waals surface area contributed by atoms with Gasteiger partial charge in [-0.15, -0.1) is 0 Å². The molecule has 1 aliphatic rings. The molecule has 0 bridgehead atoms. The Kier molecular flexibility index (Phi) is 4.21. The molecule has 1 rings (SSSR count). The third-order valence-electron chi connectivity index (χ3n) is 2.55. The van der Waals surface area contributed by atoms with Gasteiger partial charge in [-0.1, -0.05) is 0 Å². The van der Waals surface area contributed by atoms with Gasteiger partial charge in [-0.25, -0.2) is 9.59 Å². The van der Waals surface area contributed by atoms with Crippen LogP contribution in [0.2, 0.25) is 0 Å². The predicted octanol–water partition coefficient (Wildman–Crippen LogP) is 0.921. The summed E-state index contributed by atoms with van der Waals surface area (Å²) >= 11 is 0. The molecule has 1 N–H and O–H groups in total. The lowest BCUT2D eigenvalue weighted by molar-refractivity contribution is -0.163. The summed E-state index contributed by atoms with van der Waals surface area (Å²) in [5, 5.41) is 10.1. The molecule has 0 saturated carbocycles. The Labute approximate surface area is 107 Å². The number of esters is 1. The number of nitrogens with zero attached hydrogens (tertiary/aromatic N) is 1. The standard InChI is InChI=1S/C12H21NO5/c1-5-17-9(14)12(16)6-7-13(8-12)10(15)18-11(2,3)4/h16H,5-8H2,1-4H3. The van der Waals surface area contributed by atoms with Gasteiger partial charge >= 0.3 is 12.1 Å². The molecular weight excluding hydrogens is 238 g/mol. The van der Waals surface area contributed by atoms with Crippen LogP contribution in [-0.2, 0) is 14.3 Å². The molecule has 1 fully saturated rings. The maximum atomic E-state index is 11.8. The lowest BCUT2D eigenvalue weighted by atomic mass is 10.0. The van der Waals surface area contributed by atoms with Crippen molar-refractivity contribution in [3.63, 3.8) is 0 Å². The highest BCUT2D eigenvalue weighted by Crippen LogP contribution is 2.24. The Morgan fingerprint density at radius 1 is 1.39 bits per heavy atom. The van der Waals surface area contributed by atoms with Crippen LogP contribution in [0.5, 0.6) is 0 Å². The molecule has 1 aliphatic heterocycles. The van der Waals surface area contributed by atoms with E-state index in [4.69, 9.17) is 9.47 Å². The summed E-state index contributed by atoms with van der Waals surface area (Å²) < 4.78 is 9.97. The largest absolute Gasteiger partial charge is 0.464 e. The topological polar surface area (TPSA) is 76.1 Å². The first-order valence-corrected chi connectivity index (χ1v) is 6.05. The van der Waals surface area contributed by atoms with Crippen LogP contribution >= 0.6 is 0 Å². The lowest BCUT2D eigenvalue weighted by Gasteiger charge is -2.25. The van der Waals surface area contributed by atoms with E-state index in [0.29, 0.717) is 0 Å². The molecule has 1 unspecified atom stereocenters. The molecule has 0 aliphatic carbocycles. The van der Waals surface area contributed by atoms with Gasteiger partial charge in [0, 0.05) is 13.0 Å². The third kappa shape index (κ3) is 3.60. The Morgan fingerprint density at radius 2 is 2.00 bits per heavy atom. The molecule has 1 atom stereocenters. The van der Waals surface area contributed by atoms with E-state index in [2.05, 4.69) is 0 Å². The van der Waals surface area contributed by atoms with Crippen LogP contribution in [0.1, 0.15) is 34.1 Å². The Morgan fingerprint density at radius 3 is 2.50 bits per heavy atom. The molecule has 0 aromatic carbocycles. The van der Waals surface area contributed by atoms with Gasteiger partial charge in [0.25, 0.3) is 0 Å². The van der Waals surface area contributed by atoms with Crippen LogP contribution in [0.3, 0.4) is 0 Å². The number of carbonyl (C=O) groups is 2. The van der Waals surface area contributed by atoms with Gasteiger partial charge in [-0.3, -0.25) is 0 Å². The summed E-state index contributed by atoms with van der Waals surface area (Å²) in [7, 11) is 0. The van der Waals surface area contributed by atoms with Gasteiger partial charge in [-0.05, 0) is 27.7 Å². The molecule has 0 radical (unpaired) electrons. The first kappa shape index (κ1) is 14.8. The molecular formula is C12H21NO5. The SMILES string of the molecule is CCOC(=O)C1(O)CCN(C(=O)OC(C)(C)C)C1. The van der Waals surface area contributed by atoms with E-state index in [1.165, 1.54) is 4.90 Å². The fourth-order valence-corrected chi connectivity index (χ4v) is 1.71. The Bertz CT molecular complexity index is 336. The fraction of sp³-hybridized carbons (Fsp3) is 0.833. The number of amides is 1. The maximum absolute atomic E-state index is 11.8. The summed E-state index contributed by atoms with van der Waals surface area (Å²) in [4.78, 5) is 24.7. The molecule has 1 amide bonds. The van der Waals surface area contributed by atoms with E-state index >= 15 is 0 Å². The monoisotopic (exact) mass is 259 g/mol. The molecule has 0 aromatic heterocycles. The van der Waals surface area contributed by atoms with Crippen molar-refractivity contribution in [3.05, 3.63) is 0 Å². The summed E-state index contributed by atoms with van der Waals surface area (Å²) in [6, 6.07) is 0. The molecule has 18 heavy (non-hydrogen) atoms. The highest BCUT2D eigenvalue weighted by molar-refractivity contribution is 5.81. The minimum Gasteiger partial charge on any atom is -0.464 e. The molecule has 6 heteroatoms. The number of hydrogen-bond acceptors (Lipinski definition) is 5. The van der Waals surface area contributed by atoms with Crippen molar-refractivity contribution in [1.82, 2.24) is 4.90 Å². The highest BCUT2D eigenvalue weighted by atomic mass is 16.6. The quantitative estimate of drug-likeness (QED) is 0.746. The Hall–Kier alpha value is -1.30. The van der Waals surface area contributed by atoms with Crippen molar-refractivity contribution in [2.24, 2.45) is 0 Å². The smallest absolute Gasteiger partial charge is 0.410 e. The average Bonchev–Trinajstić information content (AvgIpc) is 2.60. The summed E-state index contributed by atoms with van der Waals surface area (Å²) in [5.41, 5.74) is -2.20. The summed E-state index contributed by atoms with van der Waals surface area (Å²) in [5.74, 6) is -0.684. The molecule has 104 valence electrons. The van der Waals surface area contributed by atoms with Gasteiger partial charge in [0.1, 0.15) is 5.60 Å². The summed E-state index contributed by atoms with van der Waals surface area (Å²) in [6.45, 7) is 7.36. The van der Waals surface area contributed by atoms with Crippen LogP contribution in [0.25, 0.3) is 0 Å². The van der Waals surface area contributed by atoms with Gasteiger partial charge < -0.3 is 19.5 Å². The van der Waals surface area contributed by atoms with Gasteiger partial charge in [-0.2, -0.15) is 0 Å². The van der Waals surface area contributed by atoms with Crippen molar-refractivity contribution in [1.29, 1.82) is 0 Å². The van der Waals surface area contributed by atoms with Crippen molar-refractivity contribution >= 4 is 12.1 Å². The van der Waals surface area contributed by atoms with Crippen molar-refractivity contribution < 1.29 is 24.2 Å². The first-order valence-electron chi connectivity index (χ1n) is 6.05. The number of aliphatic hydroxyl groups is 1. The molecule has 0 aromatic rings. The Balaban J connectivity index is 2.60. The number of rotatable bonds is 2. The average molecular weight is 259 g/mol. The normalized spacial score (nSPS) is 23.9. The van der Waals surface area contributed by atoms with E-state index < -0.39 is 23.3 Å². The van der Waals surface area contributed by atoms with Crippen LogP contribution in [-0.4, -0.2) is 53.0 Å². The second kappa shape index (κ2) is 5.14. The number of likely N-dealkylation sites (tertiary alicyclic amines) is 1. The number of β-amino-alcohol motifs (C(OH)–C–C–N with tert-alkyl or cyclic N) is 1. The minimum absolute atomic E-state index is 0.0826. The zero-order chi connectivity index (χ0) is 14.0. The molecule has 1 heterocycles. The van der Waals surface area contributed by atoms with Gasteiger partial charge in [0.15, 0.2) is 5.60 Å². The molecule has 1 saturated heterocycles. The second-order valence-corrected chi connectivity index (χ2v) is 5.40. The van der Waals surface area contributed by atoms with Crippen LogP contribution in [0.4, 0.5) is 4.79 Å². The van der Waals surface area contributed by atoms with Crippen molar-refractivity contribution in [2.75, 3.05) is 19.7 Å². The van der Waals surface area contributed by atoms with E-state index in [-0.39, 0.29) is 26.1 Å². The van der Waals surface area contributed by atoms with Crippen LogP contribution < -0.4 is 0 Å². The highest BCUT2D eigenvalue weighted by Gasteiger charge is 2.46. The minimum atomic E-state index is -1.60. The molecule has 0 spiro atoms.